The first-order valence-electron chi connectivity index (χ1n) is 3.14. The molecule has 0 saturated carbocycles. The Morgan fingerprint density at radius 1 is 1.80 bits per heavy atom. The van der Waals surface area contributed by atoms with E-state index in [-0.39, 0.29) is 18.7 Å². The molecule has 1 heterocycles. The van der Waals surface area contributed by atoms with Crippen molar-refractivity contribution in [3.8, 4) is 0 Å². The molecule has 1 rings (SSSR count). The van der Waals surface area contributed by atoms with Crippen LogP contribution in [0.1, 0.15) is 6.42 Å². The largest absolute Gasteiger partial charge is 0.351 e. The van der Waals surface area contributed by atoms with Crippen molar-refractivity contribution in [3.05, 3.63) is 0 Å². The summed E-state index contributed by atoms with van der Waals surface area (Å²) in [5.41, 5.74) is 0. The van der Waals surface area contributed by atoms with Crippen molar-refractivity contribution in [1.29, 1.82) is 0 Å². The molecule has 10 heavy (non-hydrogen) atoms. The standard InChI is InChI=1S/C6H9ClO3/c7-1-2-9-6-3-5(8)4-10-6/h6H,1-4H2. The molecule has 4 heteroatoms. The fraction of sp³-hybridized carbons (Fsp3) is 0.833. The summed E-state index contributed by atoms with van der Waals surface area (Å²) >= 11 is 5.35. The van der Waals surface area contributed by atoms with E-state index in [0.717, 1.165) is 0 Å². The van der Waals surface area contributed by atoms with E-state index in [4.69, 9.17) is 21.1 Å². The molecule has 0 aromatic heterocycles. The number of carbonyl (C=O) groups is 1. The molecule has 0 aromatic rings. The van der Waals surface area contributed by atoms with Gasteiger partial charge in [0.15, 0.2) is 12.1 Å². The van der Waals surface area contributed by atoms with E-state index in [1.807, 2.05) is 0 Å². The Labute approximate surface area is 64.3 Å². The van der Waals surface area contributed by atoms with Crippen molar-refractivity contribution in [1.82, 2.24) is 0 Å². The number of rotatable bonds is 3. The topological polar surface area (TPSA) is 35.5 Å². The lowest BCUT2D eigenvalue weighted by Crippen LogP contribution is -2.12. The molecule has 1 aliphatic heterocycles. The zero-order chi connectivity index (χ0) is 7.40. The minimum Gasteiger partial charge on any atom is -0.351 e. The Hall–Kier alpha value is -0.120. The van der Waals surface area contributed by atoms with E-state index in [1.54, 1.807) is 0 Å². The first kappa shape index (κ1) is 7.98. The van der Waals surface area contributed by atoms with Crippen LogP contribution in [-0.4, -0.2) is 31.2 Å². The second-order valence-electron chi connectivity index (χ2n) is 2.04. The van der Waals surface area contributed by atoms with Crippen molar-refractivity contribution in [2.45, 2.75) is 12.7 Å². The molecule has 0 spiro atoms. The summed E-state index contributed by atoms with van der Waals surface area (Å²) in [7, 11) is 0. The van der Waals surface area contributed by atoms with Gasteiger partial charge in [-0.2, -0.15) is 0 Å². The zero-order valence-electron chi connectivity index (χ0n) is 5.51. The molecule has 0 N–H and O–H groups in total. The van der Waals surface area contributed by atoms with Gasteiger partial charge in [0, 0.05) is 5.88 Å². The predicted octanol–water partition coefficient (Wildman–Crippen LogP) is 0.557. The van der Waals surface area contributed by atoms with Gasteiger partial charge < -0.3 is 9.47 Å². The van der Waals surface area contributed by atoms with Gasteiger partial charge in [-0.1, -0.05) is 0 Å². The highest BCUT2D eigenvalue weighted by Gasteiger charge is 2.22. The molecule has 1 fully saturated rings. The van der Waals surface area contributed by atoms with E-state index in [9.17, 15) is 4.79 Å². The third-order valence-corrected chi connectivity index (χ3v) is 1.36. The van der Waals surface area contributed by atoms with E-state index in [1.165, 1.54) is 0 Å². The summed E-state index contributed by atoms with van der Waals surface area (Å²) in [5, 5.41) is 0. The molecule has 0 amide bonds. The second kappa shape index (κ2) is 3.91. The normalized spacial score (nSPS) is 25.7. The van der Waals surface area contributed by atoms with Gasteiger partial charge in [-0.15, -0.1) is 11.6 Å². The van der Waals surface area contributed by atoms with Gasteiger partial charge in [-0.05, 0) is 0 Å². The van der Waals surface area contributed by atoms with Gasteiger partial charge in [0.1, 0.15) is 6.61 Å². The lowest BCUT2D eigenvalue weighted by Gasteiger charge is -2.06. The van der Waals surface area contributed by atoms with Crippen LogP contribution in [0.2, 0.25) is 0 Å². The molecule has 1 atom stereocenters. The minimum atomic E-state index is -0.341. The number of ketones is 1. The average Bonchev–Trinajstić information content (AvgIpc) is 2.31. The molecule has 58 valence electrons. The van der Waals surface area contributed by atoms with Crippen molar-refractivity contribution in [2.24, 2.45) is 0 Å². The first-order valence-corrected chi connectivity index (χ1v) is 3.67. The number of hydrogen-bond acceptors (Lipinski definition) is 3. The molecule has 3 nitrogen and oxygen atoms in total. The van der Waals surface area contributed by atoms with Crippen LogP contribution in [0.4, 0.5) is 0 Å². The maximum absolute atomic E-state index is 10.6. The highest BCUT2D eigenvalue weighted by atomic mass is 35.5. The molecular formula is C6H9ClO3. The fourth-order valence-corrected chi connectivity index (χ4v) is 0.862. The van der Waals surface area contributed by atoms with Crippen molar-refractivity contribution >= 4 is 17.4 Å². The van der Waals surface area contributed by atoms with E-state index in [0.29, 0.717) is 18.9 Å². The van der Waals surface area contributed by atoms with Crippen LogP contribution in [0.25, 0.3) is 0 Å². The zero-order valence-corrected chi connectivity index (χ0v) is 6.26. The Bertz CT molecular complexity index is 126. The first-order chi connectivity index (χ1) is 4.83. The third-order valence-electron chi connectivity index (χ3n) is 1.21. The van der Waals surface area contributed by atoms with E-state index < -0.39 is 0 Å². The summed E-state index contributed by atoms with van der Waals surface area (Å²) in [5.74, 6) is 0.535. The number of halogens is 1. The maximum Gasteiger partial charge on any atom is 0.165 e. The summed E-state index contributed by atoms with van der Waals surface area (Å²) < 4.78 is 9.98. The van der Waals surface area contributed by atoms with Crippen molar-refractivity contribution in [3.63, 3.8) is 0 Å². The quantitative estimate of drug-likeness (QED) is 0.572. The van der Waals surface area contributed by atoms with Crippen molar-refractivity contribution in [2.75, 3.05) is 19.1 Å². The number of carbonyl (C=O) groups excluding carboxylic acids is 1. The smallest absolute Gasteiger partial charge is 0.165 e. The molecule has 0 radical (unpaired) electrons. The number of alkyl halides is 1. The Morgan fingerprint density at radius 3 is 3.10 bits per heavy atom. The van der Waals surface area contributed by atoms with Gasteiger partial charge in [-0.3, -0.25) is 4.79 Å². The Balaban J connectivity index is 2.12. The molecular weight excluding hydrogens is 156 g/mol. The van der Waals surface area contributed by atoms with Gasteiger partial charge in [-0.25, -0.2) is 0 Å². The lowest BCUT2D eigenvalue weighted by molar-refractivity contribution is -0.118. The summed E-state index contributed by atoms with van der Waals surface area (Å²) in [4.78, 5) is 10.6. The van der Waals surface area contributed by atoms with E-state index >= 15 is 0 Å². The molecule has 1 saturated heterocycles. The Morgan fingerprint density at radius 2 is 2.60 bits per heavy atom. The highest BCUT2D eigenvalue weighted by Crippen LogP contribution is 2.09. The second-order valence-corrected chi connectivity index (χ2v) is 2.42. The van der Waals surface area contributed by atoms with Crippen LogP contribution in [0.3, 0.4) is 0 Å². The maximum atomic E-state index is 10.6. The van der Waals surface area contributed by atoms with Gasteiger partial charge in [0.2, 0.25) is 0 Å². The van der Waals surface area contributed by atoms with Crippen LogP contribution >= 0.6 is 11.6 Å². The fourth-order valence-electron chi connectivity index (χ4n) is 0.773. The number of Topliss-reactive ketones (excluding diaryl/α,β-unsaturated/α-hetero) is 1. The molecule has 0 aromatic carbocycles. The van der Waals surface area contributed by atoms with Crippen LogP contribution in [0, 0.1) is 0 Å². The predicted molar refractivity (Wildman–Crippen MR) is 36.0 cm³/mol. The minimum absolute atomic E-state index is 0.0968. The van der Waals surface area contributed by atoms with Crippen LogP contribution in [0.5, 0.6) is 0 Å². The third kappa shape index (κ3) is 2.25. The molecule has 0 bridgehead atoms. The molecule has 0 aliphatic carbocycles. The van der Waals surface area contributed by atoms with Crippen molar-refractivity contribution < 1.29 is 14.3 Å². The molecule has 1 unspecified atom stereocenters. The van der Waals surface area contributed by atoms with Crippen LogP contribution in [0.15, 0.2) is 0 Å². The number of hydrogen-bond donors (Lipinski definition) is 0. The van der Waals surface area contributed by atoms with Gasteiger partial charge in [0.25, 0.3) is 0 Å². The summed E-state index contributed by atoms with van der Waals surface area (Å²) in [6.07, 6.45) is 0.0305. The Kier molecular flexibility index (Phi) is 3.12. The van der Waals surface area contributed by atoms with Gasteiger partial charge in [0.05, 0.1) is 13.0 Å². The number of ether oxygens (including phenoxy) is 2. The molecule has 1 aliphatic rings. The summed E-state index contributed by atoms with van der Waals surface area (Å²) in [6, 6.07) is 0. The average molecular weight is 165 g/mol. The summed E-state index contributed by atoms with van der Waals surface area (Å²) in [6.45, 7) is 0.631. The lowest BCUT2D eigenvalue weighted by atomic mass is 10.3. The van der Waals surface area contributed by atoms with E-state index in [2.05, 4.69) is 0 Å². The monoisotopic (exact) mass is 164 g/mol. The van der Waals surface area contributed by atoms with Gasteiger partial charge >= 0.3 is 0 Å². The highest BCUT2D eigenvalue weighted by molar-refractivity contribution is 6.17. The van der Waals surface area contributed by atoms with Crippen LogP contribution in [-0.2, 0) is 14.3 Å². The SMILES string of the molecule is O=C1COC(OCCCl)C1. The van der Waals surface area contributed by atoms with Crippen LogP contribution < -0.4 is 0 Å².